The average molecular weight is 460 g/mol. The van der Waals surface area contributed by atoms with Crippen LogP contribution in [-0.4, -0.2) is 78.3 Å². The second-order valence-electron chi connectivity index (χ2n) is 3.82. The van der Waals surface area contributed by atoms with Gasteiger partial charge in [-0.25, -0.2) is 9.59 Å². The average Bonchev–Trinajstić information content (AvgIpc) is 2.47. The molecule has 0 radical (unpaired) electrons. The van der Waals surface area contributed by atoms with Crippen molar-refractivity contribution >= 4 is 71.2 Å². The molecular weight excluding hydrogens is 450 g/mol. The van der Waals surface area contributed by atoms with Crippen molar-refractivity contribution in [3.8, 4) is 0 Å². The largest absolute Gasteiger partial charge is 2.00 e. The Morgan fingerprint density at radius 2 is 1.00 bits per heavy atom. The van der Waals surface area contributed by atoms with Gasteiger partial charge in [0.05, 0.1) is 11.1 Å². The van der Waals surface area contributed by atoms with Crippen LogP contribution in [0.3, 0.4) is 0 Å². The molecule has 0 bridgehead atoms. The van der Waals surface area contributed by atoms with Gasteiger partial charge in [-0.15, -0.1) is 0 Å². The zero-order valence-electron chi connectivity index (χ0n) is 11.7. The molecule has 0 N–H and O–H groups in total. The molecule has 0 aliphatic rings. The van der Waals surface area contributed by atoms with Crippen molar-refractivity contribution in [1.29, 1.82) is 0 Å². The minimum Gasteiger partial charge on any atom is -0.759 e. The van der Waals surface area contributed by atoms with Crippen molar-refractivity contribution in [2.24, 2.45) is 0 Å². The summed E-state index contributed by atoms with van der Waals surface area (Å²) in [5.41, 5.74) is 0.716. The van der Waals surface area contributed by atoms with E-state index in [-0.39, 0.29) is 48.9 Å². The molecule has 0 atom stereocenters. The van der Waals surface area contributed by atoms with E-state index in [0.29, 0.717) is 11.1 Å². The van der Waals surface area contributed by atoms with Gasteiger partial charge in [0.15, 0.2) is 0 Å². The number of hydrogen-bond acceptors (Lipinski definition) is 7. The molecule has 0 heterocycles. The summed E-state index contributed by atoms with van der Waals surface area (Å²) < 4.78 is 38.8. The molecule has 0 fully saturated rings. The quantitative estimate of drug-likeness (QED) is 0.215. The van der Waals surface area contributed by atoms with Gasteiger partial charge in [0.1, 0.15) is 0 Å². The molecule has 2 aromatic rings. The Balaban J connectivity index is 0.000000709. The minimum atomic E-state index is -5.17. The van der Waals surface area contributed by atoms with E-state index in [1.807, 2.05) is 0 Å². The van der Waals surface area contributed by atoms with E-state index in [2.05, 4.69) is 0 Å². The van der Waals surface area contributed by atoms with Gasteiger partial charge in [-0.2, -0.15) is 0 Å². The SMILES string of the molecule is O=C(OC(=O)c1ccccc1)c1ccccc1.O=S(=O)([O-])[O-].[Ba+2]. The fourth-order valence-electron chi connectivity index (χ4n) is 1.35. The van der Waals surface area contributed by atoms with Crippen molar-refractivity contribution < 1.29 is 31.8 Å². The van der Waals surface area contributed by atoms with E-state index < -0.39 is 22.3 Å². The number of carbonyl (C=O) groups excluding carboxylic acids is 2. The molecule has 0 spiro atoms. The standard InChI is InChI=1S/C14H10O3.Ba.H2O4S/c15-13(11-7-3-1-4-8-11)17-14(16)12-9-5-2-6-10-12;;1-5(2,3)4/h1-10H;;(H2,1,2,3,4)/q;+2;/p-2. The summed E-state index contributed by atoms with van der Waals surface area (Å²) in [7, 11) is -5.17. The fourth-order valence-corrected chi connectivity index (χ4v) is 1.35. The van der Waals surface area contributed by atoms with Crippen LogP contribution in [-0.2, 0) is 15.1 Å². The second kappa shape index (κ2) is 10.7. The van der Waals surface area contributed by atoms with Gasteiger partial charge in [-0.1, -0.05) is 36.4 Å². The second-order valence-corrected chi connectivity index (χ2v) is 4.63. The van der Waals surface area contributed by atoms with E-state index in [9.17, 15) is 9.59 Å². The molecule has 2 aromatic carbocycles. The van der Waals surface area contributed by atoms with Crippen LogP contribution in [0.1, 0.15) is 20.7 Å². The van der Waals surface area contributed by atoms with Gasteiger partial charge < -0.3 is 13.8 Å². The van der Waals surface area contributed by atoms with Gasteiger partial charge in [0.25, 0.3) is 0 Å². The number of esters is 2. The Morgan fingerprint density at radius 3 is 1.26 bits per heavy atom. The molecule has 0 saturated heterocycles. The van der Waals surface area contributed by atoms with Gasteiger partial charge in [-0.05, 0) is 24.3 Å². The first-order chi connectivity index (χ1) is 10.3. The van der Waals surface area contributed by atoms with Crippen molar-refractivity contribution in [3.63, 3.8) is 0 Å². The van der Waals surface area contributed by atoms with E-state index in [1.165, 1.54) is 0 Å². The first-order valence-electron chi connectivity index (χ1n) is 5.80. The molecule has 9 heteroatoms. The molecule has 0 amide bonds. The molecule has 0 aliphatic carbocycles. The molecule has 2 rings (SSSR count). The molecule has 116 valence electrons. The number of hydrogen-bond donors (Lipinski definition) is 0. The summed E-state index contributed by atoms with van der Waals surface area (Å²) in [5.74, 6) is -1.28. The van der Waals surface area contributed by atoms with Crippen molar-refractivity contribution in [3.05, 3.63) is 71.8 Å². The summed E-state index contributed by atoms with van der Waals surface area (Å²) in [6, 6.07) is 16.8. The predicted octanol–water partition coefficient (Wildman–Crippen LogP) is 0.965. The third-order valence-corrected chi connectivity index (χ3v) is 2.20. The van der Waals surface area contributed by atoms with E-state index in [4.69, 9.17) is 22.3 Å². The maximum absolute atomic E-state index is 11.6. The van der Waals surface area contributed by atoms with Crippen LogP contribution < -0.4 is 0 Å². The maximum Gasteiger partial charge on any atom is 2.00 e. The maximum atomic E-state index is 11.6. The van der Waals surface area contributed by atoms with Crippen molar-refractivity contribution in [1.82, 2.24) is 0 Å². The van der Waals surface area contributed by atoms with E-state index in [1.54, 1.807) is 60.7 Å². The number of ether oxygens (including phenoxy) is 1. The number of benzene rings is 2. The Morgan fingerprint density at radius 1 is 0.739 bits per heavy atom. The summed E-state index contributed by atoms with van der Waals surface area (Å²) in [6.07, 6.45) is 0. The first kappa shape index (κ1) is 22.0. The third kappa shape index (κ3) is 10.4. The van der Waals surface area contributed by atoms with Crippen LogP contribution in [0.4, 0.5) is 0 Å². The summed E-state index contributed by atoms with van der Waals surface area (Å²) in [4.78, 5) is 23.2. The molecule has 7 nitrogen and oxygen atoms in total. The van der Waals surface area contributed by atoms with E-state index >= 15 is 0 Å². The van der Waals surface area contributed by atoms with Crippen LogP contribution in [0.2, 0.25) is 0 Å². The minimum absolute atomic E-state index is 0. The van der Waals surface area contributed by atoms with E-state index in [0.717, 1.165) is 0 Å². The Hall–Kier alpha value is -0.979. The fraction of sp³-hybridized carbons (Fsp3) is 0. The predicted molar refractivity (Wildman–Crippen MR) is 78.9 cm³/mol. The summed E-state index contributed by atoms with van der Waals surface area (Å²) in [6.45, 7) is 0. The van der Waals surface area contributed by atoms with Gasteiger partial charge >= 0.3 is 60.8 Å². The van der Waals surface area contributed by atoms with Crippen LogP contribution in [0.25, 0.3) is 0 Å². The number of rotatable bonds is 2. The molecule has 0 unspecified atom stereocenters. The summed E-state index contributed by atoms with van der Waals surface area (Å²) in [5, 5.41) is 0. The smallest absolute Gasteiger partial charge is 0.759 e. The number of carbonyl (C=O) groups is 2. The normalized spacial score (nSPS) is 9.65. The van der Waals surface area contributed by atoms with Crippen LogP contribution in [0, 0.1) is 0 Å². The molecular formula is C14H10BaO7S. The van der Waals surface area contributed by atoms with Gasteiger partial charge in [0.2, 0.25) is 0 Å². The Kier molecular flexibility index (Phi) is 10.3. The zero-order valence-corrected chi connectivity index (χ0v) is 17.0. The van der Waals surface area contributed by atoms with Gasteiger partial charge in [-0.3, -0.25) is 8.42 Å². The molecule has 0 aromatic heterocycles. The topological polar surface area (TPSA) is 124 Å². The van der Waals surface area contributed by atoms with Crippen LogP contribution in [0.5, 0.6) is 0 Å². The third-order valence-electron chi connectivity index (χ3n) is 2.20. The Bertz CT molecular complexity index is 673. The van der Waals surface area contributed by atoms with Crippen LogP contribution in [0.15, 0.2) is 60.7 Å². The molecule has 0 saturated carbocycles. The van der Waals surface area contributed by atoms with Crippen molar-refractivity contribution in [2.45, 2.75) is 0 Å². The van der Waals surface area contributed by atoms with Crippen molar-refractivity contribution in [2.75, 3.05) is 0 Å². The first-order valence-corrected chi connectivity index (χ1v) is 7.14. The summed E-state index contributed by atoms with van der Waals surface area (Å²) >= 11 is 0. The van der Waals surface area contributed by atoms with Gasteiger partial charge in [0, 0.05) is 10.4 Å². The monoisotopic (exact) mass is 460 g/mol. The molecule has 0 aliphatic heterocycles. The van der Waals surface area contributed by atoms with Crippen LogP contribution >= 0.6 is 0 Å². The Labute approximate surface area is 173 Å². The molecule has 23 heavy (non-hydrogen) atoms. The zero-order chi connectivity index (χ0) is 16.6.